The number of esters is 1. The van der Waals surface area contributed by atoms with Crippen LogP contribution in [-0.4, -0.2) is 55.6 Å². The van der Waals surface area contributed by atoms with Crippen molar-refractivity contribution in [1.29, 1.82) is 0 Å². The van der Waals surface area contributed by atoms with E-state index in [4.69, 9.17) is 9.47 Å². The molecule has 0 saturated carbocycles. The van der Waals surface area contributed by atoms with Gasteiger partial charge in [0.05, 0.1) is 25.1 Å². The molecule has 1 aromatic heterocycles. The van der Waals surface area contributed by atoms with Gasteiger partial charge in [-0.1, -0.05) is 48.5 Å². The Morgan fingerprint density at radius 2 is 1.78 bits per heavy atom. The van der Waals surface area contributed by atoms with E-state index in [0.29, 0.717) is 25.6 Å². The van der Waals surface area contributed by atoms with Gasteiger partial charge in [-0.2, -0.15) is 0 Å². The highest BCUT2D eigenvalue weighted by atomic mass is 32.1. The van der Waals surface area contributed by atoms with Crippen LogP contribution in [0.3, 0.4) is 0 Å². The summed E-state index contributed by atoms with van der Waals surface area (Å²) in [5.74, 6) is 1.11. The Bertz CT molecular complexity index is 1160. The van der Waals surface area contributed by atoms with Crippen LogP contribution in [0.15, 0.2) is 72.1 Å². The summed E-state index contributed by atoms with van der Waals surface area (Å²) in [5.41, 5.74) is 1.94. The molecular formula is C29H33N2O4S+. The summed E-state index contributed by atoms with van der Waals surface area (Å²) in [6, 6.07) is 20.8. The van der Waals surface area contributed by atoms with Crippen molar-refractivity contribution < 1.29 is 23.5 Å². The quantitative estimate of drug-likeness (QED) is 0.247. The molecule has 1 N–H and O–H groups in total. The summed E-state index contributed by atoms with van der Waals surface area (Å²) in [4.78, 5) is 27.3. The number of nitrogens with one attached hydrogen (secondary N) is 1. The molecule has 3 saturated heterocycles. The minimum Gasteiger partial charge on any atom is -0.497 e. The molecule has 3 aromatic rings. The lowest BCUT2D eigenvalue weighted by Crippen LogP contribution is -2.65. The largest absolute Gasteiger partial charge is 0.497 e. The number of carbonyl (C=O) groups is 2. The molecule has 2 bridgehead atoms. The molecule has 3 aliphatic heterocycles. The topological polar surface area (TPSA) is 64.6 Å². The maximum absolute atomic E-state index is 13.5. The number of thiophene rings is 1. The zero-order valence-corrected chi connectivity index (χ0v) is 21.4. The van der Waals surface area contributed by atoms with Crippen LogP contribution in [0.25, 0.3) is 0 Å². The Morgan fingerprint density at radius 3 is 2.44 bits per heavy atom. The molecule has 0 amide bonds. The molecule has 2 atom stereocenters. The molecule has 3 fully saturated rings. The number of fused-ring (bicyclic) bond motifs is 3. The van der Waals surface area contributed by atoms with Crippen molar-refractivity contribution >= 4 is 23.1 Å². The number of ether oxygens (including phenoxy) is 2. The highest BCUT2D eigenvalue weighted by Gasteiger charge is 2.49. The van der Waals surface area contributed by atoms with E-state index in [1.165, 1.54) is 11.3 Å². The lowest BCUT2D eigenvalue weighted by Gasteiger charge is -2.51. The predicted octanol–water partition coefficient (Wildman–Crippen LogP) is 4.62. The van der Waals surface area contributed by atoms with Gasteiger partial charge in [-0.25, -0.2) is 4.79 Å². The molecule has 4 heterocycles. The molecule has 36 heavy (non-hydrogen) atoms. The van der Waals surface area contributed by atoms with E-state index < -0.39 is 6.04 Å². The molecule has 0 aliphatic carbocycles. The van der Waals surface area contributed by atoms with Crippen LogP contribution < -0.4 is 10.1 Å². The van der Waals surface area contributed by atoms with Gasteiger partial charge in [0.15, 0.2) is 6.10 Å². The minimum atomic E-state index is -0.565. The van der Waals surface area contributed by atoms with E-state index >= 15 is 0 Å². The maximum Gasteiger partial charge on any atom is 0.328 e. The van der Waals surface area contributed by atoms with Gasteiger partial charge in [0, 0.05) is 25.3 Å². The minimum absolute atomic E-state index is 0.162. The molecular weight excluding hydrogens is 472 g/mol. The second-order valence-electron chi connectivity index (χ2n) is 9.92. The summed E-state index contributed by atoms with van der Waals surface area (Å²) in [6.07, 6.45) is 1.82. The fraction of sp³-hybridized carbons (Fsp3) is 0.379. The maximum atomic E-state index is 13.5. The number of ketones is 1. The third-order valence-corrected chi connectivity index (χ3v) is 8.53. The van der Waals surface area contributed by atoms with E-state index in [0.717, 1.165) is 52.2 Å². The van der Waals surface area contributed by atoms with Gasteiger partial charge in [0.2, 0.25) is 5.78 Å². The Kier molecular flexibility index (Phi) is 7.51. The monoisotopic (exact) mass is 505 g/mol. The summed E-state index contributed by atoms with van der Waals surface area (Å²) < 4.78 is 12.2. The first-order chi connectivity index (χ1) is 17.5. The van der Waals surface area contributed by atoms with Gasteiger partial charge in [0.25, 0.3) is 0 Å². The predicted molar refractivity (Wildman–Crippen MR) is 140 cm³/mol. The lowest BCUT2D eigenvalue weighted by atomic mass is 9.83. The lowest BCUT2D eigenvalue weighted by molar-refractivity contribution is -0.938. The van der Waals surface area contributed by atoms with Gasteiger partial charge < -0.3 is 14.0 Å². The molecule has 0 spiro atoms. The van der Waals surface area contributed by atoms with Crippen molar-refractivity contribution in [2.45, 2.75) is 31.5 Å². The number of quaternary nitrogens is 1. The molecule has 6 rings (SSSR count). The first kappa shape index (κ1) is 24.7. The smallest absolute Gasteiger partial charge is 0.328 e. The third-order valence-electron chi connectivity index (χ3n) is 7.62. The standard InChI is InChI=1S/C29H33N2O4S/c1-34-24-11-9-21(10-12-24)18-30-28(23-6-3-2-4-7-23)29(33)35-26-20-31(15-13-22(26)14-16-31)19-25(32)27-8-5-17-36-27/h2-12,17,22,26,28,30H,13-16,18-20H2,1H3/q+1/t22?,26-,28?,31?/m0/s1. The van der Waals surface area contributed by atoms with E-state index in [1.807, 2.05) is 72.1 Å². The van der Waals surface area contributed by atoms with E-state index in [-0.39, 0.29) is 17.9 Å². The van der Waals surface area contributed by atoms with Gasteiger partial charge >= 0.3 is 5.97 Å². The van der Waals surface area contributed by atoms with Crippen LogP contribution in [0.2, 0.25) is 0 Å². The molecule has 0 radical (unpaired) electrons. The second-order valence-corrected chi connectivity index (χ2v) is 10.9. The van der Waals surface area contributed by atoms with Crippen LogP contribution in [0.5, 0.6) is 5.75 Å². The number of carbonyl (C=O) groups excluding carboxylic acids is 2. The first-order valence-corrected chi connectivity index (χ1v) is 13.5. The fourth-order valence-corrected chi connectivity index (χ4v) is 6.22. The first-order valence-electron chi connectivity index (χ1n) is 12.6. The SMILES string of the molecule is COc1ccc(CNC(C(=O)O[C@H]2C[N+]3(CC(=O)c4cccs4)CCC2CC3)c2ccccc2)cc1. The number of piperidine rings is 3. The molecule has 7 heteroatoms. The molecule has 1 unspecified atom stereocenters. The van der Waals surface area contributed by atoms with Crippen LogP contribution in [0.1, 0.15) is 39.7 Å². The van der Waals surface area contributed by atoms with Gasteiger partial charge in [-0.15, -0.1) is 11.3 Å². The van der Waals surface area contributed by atoms with Crippen molar-refractivity contribution in [1.82, 2.24) is 5.32 Å². The molecule has 188 valence electrons. The molecule has 6 nitrogen and oxygen atoms in total. The van der Waals surface area contributed by atoms with E-state index in [2.05, 4.69) is 5.32 Å². The summed E-state index contributed by atoms with van der Waals surface area (Å²) in [5, 5.41) is 5.36. The van der Waals surface area contributed by atoms with Crippen LogP contribution in [0.4, 0.5) is 0 Å². The van der Waals surface area contributed by atoms with Gasteiger partial charge in [-0.3, -0.25) is 10.1 Å². The Labute approximate surface area is 216 Å². The van der Waals surface area contributed by atoms with Gasteiger partial charge in [0.1, 0.15) is 24.9 Å². The van der Waals surface area contributed by atoms with E-state index in [9.17, 15) is 9.59 Å². The Balaban J connectivity index is 1.27. The highest BCUT2D eigenvalue weighted by molar-refractivity contribution is 7.12. The average molecular weight is 506 g/mol. The van der Waals surface area contributed by atoms with Crippen molar-refractivity contribution in [2.24, 2.45) is 5.92 Å². The van der Waals surface area contributed by atoms with Crippen LogP contribution in [-0.2, 0) is 16.1 Å². The normalized spacial score (nSPS) is 23.7. The van der Waals surface area contributed by atoms with Crippen LogP contribution >= 0.6 is 11.3 Å². The van der Waals surface area contributed by atoms with Crippen molar-refractivity contribution in [3.63, 3.8) is 0 Å². The number of hydrogen-bond acceptors (Lipinski definition) is 6. The molecule has 3 aliphatic rings. The summed E-state index contributed by atoms with van der Waals surface area (Å²) in [7, 11) is 1.65. The number of hydrogen-bond donors (Lipinski definition) is 1. The van der Waals surface area contributed by atoms with Crippen molar-refractivity contribution in [2.75, 3.05) is 33.3 Å². The Morgan fingerprint density at radius 1 is 1.03 bits per heavy atom. The van der Waals surface area contributed by atoms with E-state index in [1.54, 1.807) is 7.11 Å². The highest BCUT2D eigenvalue weighted by Crippen LogP contribution is 2.36. The number of benzene rings is 2. The summed E-state index contributed by atoms with van der Waals surface area (Å²) >= 11 is 1.50. The second kappa shape index (κ2) is 10.9. The zero-order valence-electron chi connectivity index (χ0n) is 20.6. The number of methoxy groups -OCH3 is 1. The van der Waals surface area contributed by atoms with Crippen LogP contribution in [0, 0.1) is 5.92 Å². The number of rotatable bonds is 10. The number of Topliss-reactive ketones (excluding diaryl/α,β-unsaturated/α-hetero) is 1. The van der Waals surface area contributed by atoms with Gasteiger partial charge in [-0.05, 0) is 34.7 Å². The third kappa shape index (κ3) is 5.53. The number of nitrogens with zero attached hydrogens (tertiary/aromatic N) is 1. The molecule has 2 aromatic carbocycles. The Hall–Kier alpha value is -3.00. The average Bonchev–Trinajstić information content (AvgIpc) is 3.46. The fourth-order valence-electron chi connectivity index (χ4n) is 5.56. The zero-order chi connectivity index (χ0) is 25.0. The van der Waals surface area contributed by atoms with Crippen molar-refractivity contribution in [3.8, 4) is 5.75 Å². The summed E-state index contributed by atoms with van der Waals surface area (Å²) in [6.45, 7) is 3.69. The van der Waals surface area contributed by atoms with Crippen molar-refractivity contribution in [3.05, 3.63) is 88.1 Å².